The number of hydrogen-bond donors (Lipinski definition) is 0. The van der Waals surface area contributed by atoms with Crippen LogP contribution < -0.4 is 0 Å². The Balaban J connectivity index is 2.47. The van der Waals surface area contributed by atoms with Gasteiger partial charge in [0, 0.05) is 13.1 Å². The number of carbonyl (C=O) groups is 1. The molecule has 0 N–H and O–H groups in total. The van der Waals surface area contributed by atoms with Crippen molar-refractivity contribution in [3.8, 4) is 0 Å². The Kier molecular flexibility index (Phi) is 5.43. The lowest BCUT2D eigenvalue weighted by molar-refractivity contribution is 0.0142. The second-order valence-corrected chi connectivity index (χ2v) is 7.92. The van der Waals surface area contributed by atoms with E-state index in [1.165, 1.54) is 0 Å². The molecule has 1 rings (SSSR count). The molecule has 0 aromatic heterocycles. The third kappa shape index (κ3) is 6.09. The van der Waals surface area contributed by atoms with Crippen LogP contribution in [0.2, 0.25) is 0 Å². The molecule has 1 aliphatic carbocycles. The zero-order chi connectivity index (χ0) is 15.6. The fraction of sp³-hybridized carbons (Fsp3) is 0.923. The average molecular weight is 307 g/mol. The number of nitrogens with zero attached hydrogens (tertiary/aromatic N) is 1. The van der Waals surface area contributed by atoms with Gasteiger partial charge in [-0.25, -0.2) is 4.79 Å². The lowest BCUT2D eigenvalue weighted by atomic mass is 9.92. The molecule has 0 heterocycles. The van der Waals surface area contributed by atoms with Gasteiger partial charge in [0.05, 0.1) is 12.4 Å². The maximum Gasteiger partial charge on any atom is 0.410 e. The van der Waals surface area contributed by atoms with Crippen LogP contribution in [0.15, 0.2) is 0 Å². The topological polar surface area (TPSA) is 72.9 Å². The summed E-state index contributed by atoms with van der Waals surface area (Å²) in [4.78, 5) is 13.5. The Bertz CT molecular complexity index is 432. The molecule has 7 heteroatoms. The molecule has 0 aliphatic heterocycles. The number of amides is 1. The minimum Gasteiger partial charge on any atom is -0.444 e. The molecule has 1 amide bonds. The van der Waals surface area contributed by atoms with Crippen molar-refractivity contribution in [1.29, 1.82) is 0 Å². The summed E-state index contributed by atoms with van der Waals surface area (Å²) in [5, 5.41) is 0. The average Bonchev–Trinajstić information content (AvgIpc) is 2.24. The summed E-state index contributed by atoms with van der Waals surface area (Å²) in [6, 6.07) is 0.0734. The monoisotopic (exact) mass is 307 g/mol. The van der Waals surface area contributed by atoms with E-state index in [4.69, 9.17) is 8.92 Å². The van der Waals surface area contributed by atoms with Gasteiger partial charge in [0.2, 0.25) is 0 Å². The summed E-state index contributed by atoms with van der Waals surface area (Å²) in [6.45, 7) is 5.49. The van der Waals surface area contributed by atoms with Crippen molar-refractivity contribution in [3.63, 3.8) is 0 Å². The molecule has 0 aromatic rings. The van der Waals surface area contributed by atoms with Crippen molar-refractivity contribution >= 4 is 16.2 Å². The Morgan fingerprint density at radius 2 is 1.65 bits per heavy atom. The Labute approximate surface area is 121 Å². The molecular weight excluding hydrogens is 282 g/mol. The maximum absolute atomic E-state index is 11.9. The first-order valence-corrected chi connectivity index (χ1v) is 8.63. The van der Waals surface area contributed by atoms with Gasteiger partial charge in [-0.2, -0.15) is 8.42 Å². The van der Waals surface area contributed by atoms with Crippen molar-refractivity contribution in [1.82, 2.24) is 4.90 Å². The highest BCUT2D eigenvalue weighted by Gasteiger charge is 2.30. The van der Waals surface area contributed by atoms with Crippen LogP contribution in [-0.4, -0.2) is 50.5 Å². The zero-order valence-electron chi connectivity index (χ0n) is 12.9. The van der Waals surface area contributed by atoms with Crippen molar-refractivity contribution in [3.05, 3.63) is 0 Å². The number of carbonyl (C=O) groups excluding carboxylic acids is 1. The maximum atomic E-state index is 11.9. The van der Waals surface area contributed by atoms with E-state index in [0.29, 0.717) is 12.8 Å². The van der Waals surface area contributed by atoms with E-state index in [1.807, 2.05) is 20.8 Å². The van der Waals surface area contributed by atoms with E-state index < -0.39 is 15.7 Å². The molecule has 6 nitrogen and oxygen atoms in total. The van der Waals surface area contributed by atoms with Crippen LogP contribution in [0.25, 0.3) is 0 Å². The standard InChI is InChI=1S/C13H25NO5S/c1-13(2,3)18-12(15)14(4)10-6-8-11(9-7-10)19-20(5,16)17/h10-11H,6-9H2,1-5H3. The Morgan fingerprint density at radius 3 is 2.05 bits per heavy atom. The number of hydrogen-bond acceptors (Lipinski definition) is 5. The van der Waals surface area contributed by atoms with E-state index in [0.717, 1.165) is 19.1 Å². The van der Waals surface area contributed by atoms with E-state index in [-0.39, 0.29) is 18.2 Å². The second-order valence-electron chi connectivity index (χ2n) is 6.32. The van der Waals surface area contributed by atoms with Crippen LogP contribution in [0.3, 0.4) is 0 Å². The van der Waals surface area contributed by atoms with Gasteiger partial charge in [-0.1, -0.05) is 0 Å². The summed E-state index contributed by atoms with van der Waals surface area (Å²) in [7, 11) is -1.69. The molecule has 0 unspecified atom stereocenters. The predicted molar refractivity (Wildman–Crippen MR) is 76.0 cm³/mol. The fourth-order valence-electron chi connectivity index (χ4n) is 2.26. The highest BCUT2D eigenvalue weighted by molar-refractivity contribution is 7.86. The van der Waals surface area contributed by atoms with Crippen molar-refractivity contribution < 1.29 is 22.1 Å². The minimum atomic E-state index is -3.41. The van der Waals surface area contributed by atoms with E-state index in [2.05, 4.69) is 0 Å². The summed E-state index contributed by atoms with van der Waals surface area (Å²) in [5.41, 5.74) is -0.512. The third-order valence-electron chi connectivity index (χ3n) is 3.18. The van der Waals surface area contributed by atoms with Crippen LogP contribution in [0.4, 0.5) is 4.79 Å². The van der Waals surface area contributed by atoms with Crippen LogP contribution in [0.1, 0.15) is 46.5 Å². The summed E-state index contributed by atoms with van der Waals surface area (Å²) < 4.78 is 32.5. The molecule has 1 aliphatic rings. The molecule has 0 bridgehead atoms. The van der Waals surface area contributed by atoms with Gasteiger partial charge in [-0.3, -0.25) is 4.18 Å². The summed E-state index contributed by atoms with van der Waals surface area (Å²) >= 11 is 0. The fourth-order valence-corrected chi connectivity index (χ4v) is 2.95. The van der Waals surface area contributed by atoms with Crippen LogP contribution in [0, 0.1) is 0 Å². The molecule has 0 atom stereocenters. The highest BCUT2D eigenvalue weighted by Crippen LogP contribution is 2.26. The van der Waals surface area contributed by atoms with E-state index in [1.54, 1.807) is 11.9 Å². The first kappa shape index (κ1) is 17.2. The van der Waals surface area contributed by atoms with Gasteiger partial charge in [0.25, 0.3) is 10.1 Å². The lowest BCUT2D eigenvalue weighted by Crippen LogP contribution is -2.43. The largest absolute Gasteiger partial charge is 0.444 e. The van der Waals surface area contributed by atoms with Gasteiger partial charge in [-0.05, 0) is 46.5 Å². The number of ether oxygens (including phenoxy) is 1. The molecule has 0 spiro atoms. The van der Waals surface area contributed by atoms with E-state index >= 15 is 0 Å². The molecule has 0 radical (unpaired) electrons. The molecule has 0 saturated heterocycles. The molecular formula is C13H25NO5S. The Hall–Kier alpha value is -0.820. The predicted octanol–water partition coefficient (Wildman–Crippen LogP) is 2.14. The van der Waals surface area contributed by atoms with Crippen molar-refractivity contribution in [2.75, 3.05) is 13.3 Å². The van der Waals surface area contributed by atoms with E-state index in [9.17, 15) is 13.2 Å². The zero-order valence-corrected chi connectivity index (χ0v) is 13.7. The van der Waals surface area contributed by atoms with Gasteiger partial charge in [-0.15, -0.1) is 0 Å². The smallest absolute Gasteiger partial charge is 0.410 e. The van der Waals surface area contributed by atoms with Crippen molar-refractivity contribution in [2.24, 2.45) is 0 Å². The van der Waals surface area contributed by atoms with Crippen LogP contribution >= 0.6 is 0 Å². The molecule has 0 aromatic carbocycles. The van der Waals surface area contributed by atoms with Gasteiger partial charge in [0.1, 0.15) is 5.60 Å². The normalized spacial score (nSPS) is 24.2. The quantitative estimate of drug-likeness (QED) is 0.747. The van der Waals surface area contributed by atoms with Gasteiger partial charge < -0.3 is 9.64 Å². The second kappa shape index (κ2) is 6.30. The lowest BCUT2D eigenvalue weighted by Gasteiger charge is -2.35. The van der Waals surface area contributed by atoms with Gasteiger partial charge in [0.15, 0.2) is 0 Å². The number of rotatable bonds is 3. The Morgan fingerprint density at radius 1 is 1.15 bits per heavy atom. The molecule has 20 heavy (non-hydrogen) atoms. The molecule has 1 saturated carbocycles. The molecule has 118 valence electrons. The first-order valence-electron chi connectivity index (χ1n) is 6.82. The minimum absolute atomic E-state index is 0.0734. The SMILES string of the molecule is CN(C(=O)OC(C)(C)C)C1CCC(OS(C)(=O)=O)CC1. The molecule has 1 fully saturated rings. The van der Waals surface area contributed by atoms with Crippen LogP contribution in [0.5, 0.6) is 0 Å². The van der Waals surface area contributed by atoms with Crippen LogP contribution in [-0.2, 0) is 19.0 Å². The summed E-state index contributed by atoms with van der Waals surface area (Å²) in [6.07, 6.45) is 3.14. The highest BCUT2D eigenvalue weighted by atomic mass is 32.2. The summed E-state index contributed by atoms with van der Waals surface area (Å²) in [5.74, 6) is 0. The third-order valence-corrected chi connectivity index (χ3v) is 3.81. The van der Waals surface area contributed by atoms with Gasteiger partial charge >= 0.3 is 6.09 Å². The first-order chi connectivity index (χ1) is 8.98. The van der Waals surface area contributed by atoms with Crippen molar-refractivity contribution in [2.45, 2.75) is 64.2 Å².